The fourth-order valence-corrected chi connectivity index (χ4v) is 4.76. The van der Waals surface area contributed by atoms with E-state index in [0.717, 1.165) is 22.3 Å². The summed E-state index contributed by atoms with van der Waals surface area (Å²) in [6.07, 6.45) is 0. The second kappa shape index (κ2) is 8.61. The van der Waals surface area contributed by atoms with Crippen LogP contribution in [0.15, 0.2) is 103 Å². The molecule has 4 aromatic carbocycles. The lowest BCUT2D eigenvalue weighted by molar-refractivity contribution is -0.133. The van der Waals surface area contributed by atoms with Gasteiger partial charge in [-0.2, -0.15) is 0 Å². The molecule has 0 aliphatic heterocycles. The van der Waals surface area contributed by atoms with Crippen molar-refractivity contribution >= 4 is 11.9 Å². The van der Waals surface area contributed by atoms with Gasteiger partial charge in [-0.25, -0.2) is 4.79 Å². The molecule has 5 rings (SSSR count). The predicted molar refractivity (Wildman–Crippen MR) is 129 cm³/mol. The summed E-state index contributed by atoms with van der Waals surface area (Å²) in [5, 5.41) is 11.4. The summed E-state index contributed by atoms with van der Waals surface area (Å²) in [6.45, 7) is 0.127. The molecular weight excluding hydrogens is 426 g/mol. The van der Waals surface area contributed by atoms with E-state index in [1.165, 1.54) is 12.1 Å². The molecule has 0 spiro atoms. The molecule has 0 saturated heterocycles. The van der Waals surface area contributed by atoms with Crippen LogP contribution in [0.3, 0.4) is 0 Å². The van der Waals surface area contributed by atoms with Gasteiger partial charge in [0.15, 0.2) is 5.60 Å². The smallest absolute Gasteiger partial charge is 0.338 e. The number of carbonyl (C=O) groups excluding carboxylic acids is 2. The second-order valence-corrected chi connectivity index (χ2v) is 8.31. The Labute approximate surface area is 197 Å². The van der Waals surface area contributed by atoms with E-state index >= 15 is 0 Å². The highest BCUT2D eigenvalue weighted by molar-refractivity contribution is 5.97. The van der Waals surface area contributed by atoms with Crippen LogP contribution in [0.1, 0.15) is 38.5 Å². The van der Waals surface area contributed by atoms with Gasteiger partial charge in [-0.1, -0.05) is 97.1 Å². The first-order valence-corrected chi connectivity index (χ1v) is 11.0. The lowest BCUT2D eigenvalue weighted by Gasteiger charge is -2.27. The Bertz CT molecular complexity index is 1340. The second-order valence-electron chi connectivity index (χ2n) is 8.31. The van der Waals surface area contributed by atoms with E-state index in [0.29, 0.717) is 0 Å². The minimum absolute atomic E-state index is 0.0888. The van der Waals surface area contributed by atoms with Crippen LogP contribution < -0.4 is 5.73 Å². The molecule has 0 aromatic heterocycles. The maximum absolute atomic E-state index is 13.3. The summed E-state index contributed by atoms with van der Waals surface area (Å²) < 4.78 is 5.78. The monoisotopic (exact) mass is 449 g/mol. The normalized spacial score (nSPS) is 14.0. The number of aliphatic hydroxyl groups is 1. The Morgan fingerprint density at radius 1 is 0.765 bits per heavy atom. The molecule has 0 heterocycles. The number of hydrogen-bond acceptors (Lipinski definition) is 4. The summed E-state index contributed by atoms with van der Waals surface area (Å²) in [6, 6.07) is 30.9. The first-order valence-electron chi connectivity index (χ1n) is 11.0. The molecule has 34 heavy (non-hydrogen) atoms. The molecular formula is C29H23NO4. The molecule has 1 aliphatic rings. The van der Waals surface area contributed by atoms with E-state index in [9.17, 15) is 14.7 Å². The molecule has 3 N–H and O–H groups in total. The van der Waals surface area contributed by atoms with Crippen LogP contribution in [0.4, 0.5) is 0 Å². The molecule has 1 unspecified atom stereocenters. The van der Waals surface area contributed by atoms with Crippen molar-refractivity contribution < 1.29 is 19.4 Å². The van der Waals surface area contributed by atoms with E-state index in [1.54, 1.807) is 42.5 Å². The number of nitrogens with two attached hydrogens (primary N) is 1. The van der Waals surface area contributed by atoms with Crippen LogP contribution in [0.5, 0.6) is 0 Å². The van der Waals surface area contributed by atoms with Crippen molar-refractivity contribution in [1.82, 2.24) is 0 Å². The van der Waals surface area contributed by atoms with Crippen molar-refractivity contribution in [3.63, 3.8) is 0 Å². The molecule has 0 radical (unpaired) electrons. The van der Waals surface area contributed by atoms with Crippen LogP contribution in [-0.4, -0.2) is 23.6 Å². The van der Waals surface area contributed by atoms with E-state index in [4.69, 9.17) is 10.5 Å². The van der Waals surface area contributed by atoms with Crippen molar-refractivity contribution in [3.8, 4) is 11.1 Å². The SMILES string of the molecule is NC(=O)C(O)(c1ccccc1)c1ccccc1C(=O)OCC1c2ccccc2-c2ccccc21. The summed E-state index contributed by atoms with van der Waals surface area (Å²) in [5.41, 5.74) is 8.39. The number of ether oxygens (including phenoxy) is 1. The molecule has 0 fully saturated rings. The summed E-state index contributed by atoms with van der Waals surface area (Å²) in [7, 11) is 0. The van der Waals surface area contributed by atoms with Crippen LogP contribution in [-0.2, 0) is 15.1 Å². The Morgan fingerprint density at radius 3 is 1.91 bits per heavy atom. The van der Waals surface area contributed by atoms with E-state index in [2.05, 4.69) is 12.1 Å². The van der Waals surface area contributed by atoms with Gasteiger partial charge in [0, 0.05) is 11.5 Å². The van der Waals surface area contributed by atoms with Gasteiger partial charge in [0.1, 0.15) is 6.61 Å². The molecule has 0 bridgehead atoms. The first-order chi connectivity index (χ1) is 16.5. The van der Waals surface area contributed by atoms with E-state index in [1.807, 2.05) is 36.4 Å². The third kappa shape index (κ3) is 3.47. The molecule has 0 saturated carbocycles. The minimum atomic E-state index is -2.18. The van der Waals surface area contributed by atoms with Gasteiger partial charge in [-0.05, 0) is 33.9 Å². The largest absolute Gasteiger partial charge is 0.461 e. The van der Waals surface area contributed by atoms with Crippen molar-refractivity contribution in [2.45, 2.75) is 11.5 Å². The van der Waals surface area contributed by atoms with E-state index in [-0.39, 0.29) is 29.2 Å². The van der Waals surface area contributed by atoms with Crippen molar-refractivity contribution in [2.24, 2.45) is 5.73 Å². The lowest BCUT2D eigenvalue weighted by Crippen LogP contribution is -2.43. The molecule has 5 nitrogen and oxygen atoms in total. The highest BCUT2D eigenvalue weighted by Crippen LogP contribution is 2.44. The zero-order chi connectivity index (χ0) is 23.7. The first kappa shape index (κ1) is 21.6. The fraction of sp³-hybridized carbons (Fsp3) is 0.103. The minimum Gasteiger partial charge on any atom is -0.461 e. The number of rotatable bonds is 6. The zero-order valence-corrected chi connectivity index (χ0v) is 18.3. The standard InChI is InChI=1S/C29H23NO4/c30-28(32)29(33,19-10-2-1-3-11-19)26-17-9-8-16-24(26)27(31)34-18-25-22-14-6-4-12-20(22)21-13-5-7-15-23(21)25/h1-17,25,33H,18H2,(H2,30,32). The van der Waals surface area contributed by atoms with Crippen molar-refractivity contribution in [3.05, 3.63) is 131 Å². The third-order valence-electron chi connectivity index (χ3n) is 6.43. The topological polar surface area (TPSA) is 89.6 Å². The highest BCUT2D eigenvalue weighted by Gasteiger charge is 2.41. The number of primary amides is 1. The summed E-state index contributed by atoms with van der Waals surface area (Å²) >= 11 is 0. The number of esters is 1. The summed E-state index contributed by atoms with van der Waals surface area (Å²) in [5.74, 6) is -1.71. The number of hydrogen-bond donors (Lipinski definition) is 2. The lowest BCUT2D eigenvalue weighted by atomic mass is 9.83. The fourth-order valence-electron chi connectivity index (χ4n) is 4.76. The van der Waals surface area contributed by atoms with Crippen LogP contribution in [0, 0.1) is 0 Å². The van der Waals surface area contributed by atoms with Gasteiger partial charge in [0.05, 0.1) is 5.56 Å². The Morgan fingerprint density at radius 2 is 1.29 bits per heavy atom. The number of amides is 1. The molecule has 4 aromatic rings. The molecule has 1 atom stereocenters. The average Bonchev–Trinajstić information content (AvgIpc) is 3.21. The zero-order valence-electron chi connectivity index (χ0n) is 18.3. The number of carbonyl (C=O) groups is 2. The van der Waals surface area contributed by atoms with Gasteiger partial charge in [-0.15, -0.1) is 0 Å². The van der Waals surface area contributed by atoms with Crippen molar-refractivity contribution in [1.29, 1.82) is 0 Å². The highest BCUT2D eigenvalue weighted by atomic mass is 16.5. The van der Waals surface area contributed by atoms with Crippen LogP contribution in [0.2, 0.25) is 0 Å². The summed E-state index contributed by atoms with van der Waals surface area (Å²) in [4.78, 5) is 25.7. The van der Waals surface area contributed by atoms with E-state index < -0.39 is 17.5 Å². The van der Waals surface area contributed by atoms with Crippen LogP contribution in [0.25, 0.3) is 11.1 Å². The van der Waals surface area contributed by atoms with Gasteiger partial charge in [-0.3, -0.25) is 4.79 Å². The Hall–Kier alpha value is -4.22. The molecule has 1 aliphatic carbocycles. The van der Waals surface area contributed by atoms with Crippen LogP contribution >= 0.6 is 0 Å². The number of fused-ring (bicyclic) bond motifs is 3. The molecule has 168 valence electrons. The van der Waals surface area contributed by atoms with Gasteiger partial charge in [0.25, 0.3) is 5.91 Å². The molecule has 1 amide bonds. The quantitative estimate of drug-likeness (QED) is 0.428. The van der Waals surface area contributed by atoms with Gasteiger partial charge >= 0.3 is 5.97 Å². The van der Waals surface area contributed by atoms with Gasteiger partial charge in [0.2, 0.25) is 0 Å². The third-order valence-corrected chi connectivity index (χ3v) is 6.43. The predicted octanol–water partition coefficient (Wildman–Crippen LogP) is 4.38. The Balaban J connectivity index is 1.47. The average molecular weight is 450 g/mol. The molecule has 5 heteroatoms. The maximum atomic E-state index is 13.3. The number of benzene rings is 4. The maximum Gasteiger partial charge on any atom is 0.338 e. The van der Waals surface area contributed by atoms with Crippen molar-refractivity contribution in [2.75, 3.05) is 6.61 Å². The Kier molecular flexibility index (Phi) is 5.48. The van der Waals surface area contributed by atoms with Gasteiger partial charge < -0.3 is 15.6 Å².